The molecule has 9 heteroatoms. The maximum absolute atomic E-state index is 11.1. The molecule has 0 radical (unpaired) electrons. The first-order valence-corrected chi connectivity index (χ1v) is 10.7. The molecule has 0 atom stereocenters. The van der Waals surface area contributed by atoms with Crippen molar-refractivity contribution in [3.8, 4) is 5.75 Å². The first kappa shape index (κ1) is 21.2. The second kappa shape index (κ2) is 8.97. The fourth-order valence-corrected chi connectivity index (χ4v) is 4.22. The first-order chi connectivity index (χ1) is 15.0. The van der Waals surface area contributed by atoms with Crippen LogP contribution in [-0.4, -0.2) is 63.5 Å². The summed E-state index contributed by atoms with van der Waals surface area (Å²) in [6.07, 6.45) is 2.14. The van der Waals surface area contributed by atoms with Crippen LogP contribution >= 0.6 is 0 Å². The third-order valence-electron chi connectivity index (χ3n) is 5.75. The summed E-state index contributed by atoms with van der Waals surface area (Å²) in [4.78, 5) is 21.9. The lowest BCUT2D eigenvalue weighted by molar-refractivity contribution is 0.0895. The summed E-state index contributed by atoms with van der Waals surface area (Å²) in [7, 11) is 1.69. The number of amides is 1. The van der Waals surface area contributed by atoms with Crippen molar-refractivity contribution < 1.29 is 19.4 Å². The number of likely N-dealkylation sites (tertiary alicyclic amines) is 1. The Morgan fingerprint density at radius 3 is 2.74 bits per heavy atom. The van der Waals surface area contributed by atoms with Gasteiger partial charge in [-0.25, -0.2) is 14.8 Å². The molecule has 3 aromatic rings. The fraction of sp³-hybridized carbons (Fsp3) is 0.500. The van der Waals surface area contributed by atoms with Crippen molar-refractivity contribution in [2.24, 2.45) is 0 Å². The minimum absolute atomic E-state index is 0.0135. The normalized spacial score (nSPS) is 15.1. The third kappa shape index (κ3) is 4.23. The fourth-order valence-electron chi connectivity index (χ4n) is 4.22. The average Bonchev–Trinajstić information content (AvgIpc) is 3.12. The van der Waals surface area contributed by atoms with E-state index >= 15 is 0 Å². The van der Waals surface area contributed by atoms with Gasteiger partial charge in [-0.05, 0) is 18.6 Å². The van der Waals surface area contributed by atoms with Crippen molar-refractivity contribution in [1.29, 1.82) is 0 Å². The van der Waals surface area contributed by atoms with Crippen LogP contribution in [-0.2, 0) is 17.7 Å². The van der Waals surface area contributed by atoms with Gasteiger partial charge < -0.3 is 29.8 Å². The van der Waals surface area contributed by atoms with E-state index in [9.17, 15) is 4.79 Å². The number of hydrogen-bond donors (Lipinski definition) is 2. The summed E-state index contributed by atoms with van der Waals surface area (Å²) < 4.78 is 13.6. The minimum atomic E-state index is -0.874. The van der Waals surface area contributed by atoms with Gasteiger partial charge in [0.05, 0.1) is 17.6 Å². The Labute approximate surface area is 180 Å². The highest BCUT2D eigenvalue weighted by Crippen LogP contribution is 2.32. The van der Waals surface area contributed by atoms with Crippen LogP contribution in [0.25, 0.3) is 21.9 Å². The van der Waals surface area contributed by atoms with Crippen LogP contribution in [0.3, 0.4) is 0 Å². The van der Waals surface area contributed by atoms with Gasteiger partial charge >= 0.3 is 6.09 Å². The van der Waals surface area contributed by atoms with Crippen molar-refractivity contribution in [3.63, 3.8) is 0 Å². The SMILES string of the molecule is CCCn1c(CCOC)nc2c(N)nc3cc(OC4CCN(C(=O)O)CC4)ccc3c21. The number of carboxylic acid groups (broad SMARTS) is 1. The molecule has 166 valence electrons. The lowest BCUT2D eigenvalue weighted by Crippen LogP contribution is -2.41. The molecule has 1 saturated heterocycles. The predicted octanol–water partition coefficient (Wildman–Crippen LogP) is 3.29. The number of nitrogens with two attached hydrogens (primary N) is 1. The van der Waals surface area contributed by atoms with Crippen LogP contribution in [0.2, 0.25) is 0 Å². The number of rotatable bonds is 7. The van der Waals surface area contributed by atoms with E-state index in [0.29, 0.717) is 50.5 Å². The molecule has 0 aliphatic carbocycles. The molecule has 0 bridgehead atoms. The Bertz CT molecular complexity index is 1090. The zero-order valence-electron chi connectivity index (χ0n) is 18.0. The zero-order valence-corrected chi connectivity index (χ0v) is 18.0. The van der Waals surface area contributed by atoms with Crippen molar-refractivity contribution in [2.45, 2.75) is 45.3 Å². The lowest BCUT2D eigenvalue weighted by Gasteiger charge is -2.30. The van der Waals surface area contributed by atoms with Crippen LogP contribution in [0.15, 0.2) is 18.2 Å². The lowest BCUT2D eigenvalue weighted by atomic mass is 10.1. The standard InChI is InChI=1S/C22H29N5O4/c1-3-9-27-18(8-12-30-2)25-19-20(27)16-5-4-15(13-17(16)24-21(19)23)31-14-6-10-26(11-7-14)22(28)29/h4-5,13-14H,3,6-12H2,1-2H3,(H2,23,24)(H,28,29). The largest absolute Gasteiger partial charge is 0.490 e. The molecule has 31 heavy (non-hydrogen) atoms. The highest BCUT2D eigenvalue weighted by Gasteiger charge is 2.24. The van der Waals surface area contributed by atoms with Crippen LogP contribution in [0.5, 0.6) is 5.75 Å². The quantitative estimate of drug-likeness (QED) is 0.594. The second-order valence-corrected chi connectivity index (χ2v) is 7.88. The molecule has 1 fully saturated rings. The van der Waals surface area contributed by atoms with E-state index < -0.39 is 6.09 Å². The smallest absolute Gasteiger partial charge is 0.407 e. The van der Waals surface area contributed by atoms with E-state index in [1.54, 1.807) is 7.11 Å². The minimum Gasteiger partial charge on any atom is -0.490 e. The number of anilines is 1. The van der Waals surface area contributed by atoms with Crippen molar-refractivity contribution in [3.05, 3.63) is 24.0 Å². The zero-order chi connectivity index (χ0) is 22.0. The number of piperidine rings is 1. The van der Waals surface area contributed by atoms with Gasteiger partial charge in [-0.1, -0.05) is 6.92 Å². The maximum atomic E-state index is 11.1. The molecule has 9 nitrogen and oxygen atoms in total. The number of hydrogen-bond acceptors (Lipinski definition) is 6. The number of aromatic nitrogens is 3. The van der Waals surface area contributed by atoms with E-state index in [2.05, 4.69) is 16.5 Å². The Kier molecular flexibility index (Phi) is 6.13. The van der Waals surface area contributed by atoms with Crippen LogP contribution in [0.1, 0.15) is 32.0 Å². The van der Waals surface area contributed by atoms with Gasteiger partial charge in [0.15, 0.2) is 5.82 Å². The van der Waals surface area contributed by atoms with Crippen molar-refractivity contribution in [2.75, 3.05) is 32.5 Å². The summed E-state index contributed by atoms with van der Waals surface area (Å²) in [5, 5.41) is 10.1. The number of aryl methyl sites for hydroxylation is 1. The maximum Gasteiger partial charge on any atom is 0.407 e. The van der Waals surface area contributed by atoms with E-state index in [-0.39, 0.29) is 6.10 Å². The molecule has 1 aliphatic heterocycles. The summed E-state index contributed by atoms with van der Waals surface area (Å²) >= 11 is 0. The van der Waals surface area contributed by atoms with Crippen LogP contribution < -0.4 is 10.5 Å². The molecular formula is C22H29N5O4. The Morgan fingerprint density at radius 2 is 2.06 bits per heavy atom. The number of ether oxygens (including phenoxy) is 2. The number of carbonyl (C=O) groups is 1. The summed E-state index contributed by atoms with van der Waals surface area (Å²) in [6.45, 7) is 4.55. The van der Waals surface area contributed by atoms with E-state index in [4.69, 9.17) is 25.3 Å². The highest BCUT2D eigenvalue weighted by atomic mass is 16.5. The topological polar surface area (TPSA) is 116 Å². The van der Waals surface area contributed by atoms with Gasteiger partial charge in [-0.2, -0.15) is 0 Å². The van der Waals surface area contributed by atoms with Crippen LogP contribution in [0.4, 0.5) is 10.6 Å². The second-order valence-electron chi connectivity index (χ2n) is 7.88. The molecule has 1 aliphatic rings. The molecular weight excluding hydrogens is 398 g/mol. The number of nitrogen functional groups attached to an aromatic ring is 1. The molecule has 1 aromatic carbocycles. The Hall–Kier alpha value is -3.07. The molecule has 2 aromatic heterocycles. The van der Waals surface area contributed by atoms with Gasteiger partial charge in [0, 0.05) is 57.5 Å². The van der Waals surface area contributed by atoms with Gasteiger partial charge in [-0.15, -0.1) is 0 Å². The number of benzene rings is 1. The van der Waals surface area contributed by atoms with Gasteiger partial charge in [-0.3, -0.25) is 0 Å². The van der Waals surface area contributed by atoms with Crippen molar-refractivity contribution in [1.82, 2.24) is 19.4 Å². The number of pyridine rings is 1. The Balaban J connectivity index is 1.66. The molecule has 3 heterocycles. The van der Waals surface area contributed by atoms with Gasteiger partial charge in [0.2, 0.25) is 0 Å². The van der Waals surface area contributed by atoms with E-state index in [0.717, 1.165) is 40.7 Å². The number of nitrogens with zero attached hydrogens (tertiary/aromatic N) is 4. The molecule has 3 N–H and O–H groups in total. The summed E-state index contributed by atoms with van der Waals surface area (Å²) in [6, 6.07) is 5.87. The summed E-state index contributed by atoms with van der Waals surface area (Å²) in [5.74, 6) is 2.07. The van der Waals surface area contributed by atoms with Gasteiger partial charge in [0.25, 0.3) is 0 Å². The molecule has 0 unspecified atom stereocenters. The number of imidazole rings is 1. The molecule has 0 spiro atoms. The Morgan fingerprint density at radius 1 is 1.29 bits per heavy atom. The summed E-state index contributed by atoms with van der Waals surface area (Å²) in [5.41, 5.74) is 8.77. The van der Waals surface area contributed by atoms with E-state index in [1.165, 1.54) is 4.90 Å². The molecule has 0 saturated carbocycles. The van der Waals surface area contributed by atoms with Crippen molar-refractivity contribution >= 4 is 33.8 Å². The van der Waals surface area contributed by atoms with E-state index in [1.807, 2.05) is 18.2 Å². The highest BCUT2D eigenvalue weighted by molar-refractivity contribution is 6.06. The monoisotopic (exact) mass is 427 g/mol. The number of methoxy groups -OCH3 is 1. The van der Waals surface area contributed by atoms with Gasteiger partial charge in [0.1, 0.15) is 23.2 Å². The van der Waals surface area contributed by atoms with Crippen LogP contribution in [0, 0.1) is 0 Å². The third-order valence-corrected chi connectivity index (χ3v) is 5.75. The molecule has 1 amide bonds. The first-order valence-electron chi connectivity index (χ1n) is 10.7. The molecule has 4 rings (SSSR count). The average molecular weight is 428 g/mol. The predicted molar refractivity (Wildman–Crippen MR) is 119 cm³/mol. The number of fused-ring (bicyclic) bond motifs is 3.